The van der Waals surface area contributed by atoms with Gasteiger partial charge in [-0.25, -0.2) is 9.97 Å². The monoisotopic (exact) mass is 243 g/mol. The van der Waals surface area contributed by atoms with Crippen LogP contribution in [0.25, 0.3) is 0 Å². The van der Waals surface area contributed by atoms with Gasteiger partial charge in [0.1, 0.15) is 23.5 Å². The minimum atomic E-state index is -0.875. The van der Waals surface area contributed by atoms with Gasteiger partial charge in [0.25, 0.3) is 0 Å². The number of nitrogens with zero attached hydrogens (tertiary/aromatic N) is 2. The number of aromatic nitrogens is 2. The Kier molecular flexibility index (Phi) is 3.21. The highest BCUT2D eigenvalue weighted by atomic mass is 35.5. The lowest BCUT2D eigenvalue weighted by Crippen LogP contribution is -2.30. The lowest BCUT2D eigenvalue weighted by molar-refractivity contribution is -0.139. The van der Waals surface area contributed by atoms with Crippen molar-refractivity contribution in [2.24, 2.45) is 0 Å². The Labute approximate surface area is 96.6 Å². The van der Waals surface area contributed by atoms with Gasteiger partial charge in [0.05, 0.1) is 6.20 Å². The zero-order valence-corrected chi connectivity index (χ0v) is 9.02. The third kappa shape index (κ3) is 2.40. The van der Waals surface area contributed by atoms with Gasteiger partial charge in [0.2, 0.25) is 5.88 Å². The Morgan fingerprint density at radius 3 is 3.12 bits per heavy atom. The Morgan fingerprint density at radius 1 is 1.69 bits per heavy atom. The maximum Gasteiger partial charge on any atom is 0.320 e. The minimum absolute atomic E-state index is 0.228. The minimum Gasteiger partial charge on any atom is -0.480 e. The number of hydrogen-bond acceptors (Lipinski definition) is 5. The molecule has 2 N–H and O–H groups in total. The van der Waals surface area contributed by atoms with Crippen molar-refractivity contribution in [1.82, 2.24) is 15.3 Å². The summed E-state index contributed by atoms with van der Waals surface area (Å²) in [7, 11) is 0. The molecule has 2 heterocycles. The second-order valence-electron chi connectivity index (χ2n) is 3.45. The molecule has 1 aromatic rings. The molecule has 0 radical (unpaired) electrons. The molecule has 0 amide bonds. The van der Waals surface area contributed by atoms with E-state index in [9.17, 15) is 4.79 Å². The molecule has 1 aliphatic rings. The van der Waals surface area contributed by atoms with Gasteiger partial charge in [0.15, 0.2) is 0 Å². The molecule has 16 heavy (non-hydrogen) atoms. The molecule has 2 atom stereocenters. The third-order valence-corrected chi connectivity index (χ3v) is 2.56. The lowest BCUT2D eigenvalue weighted by atomic mass is 10.2. The molecule has 2 unspecified atom stereocenters. The van der Waals surface area contributed by atoms with E-state index < -0.39 is 12.0 Å². The molecule has 0 aliphatic carbocycles. The summed E-state index contributed by atoms with van der Waals surface area (Å²) in [6.45, 7) is 0.470. The summed E-state index contributed by atoms with van der Waals surface area (Å²) in [5.74, 6) is -0.589. The van der Waals surface area contributed by atoms with Crippen LogP contribution in [0.3, 0.4) is 0 Å². The average Bonchev–Trinajstić information content (AvgIpc) is 2.70. The van der Waals surface area contributed by atoms with E-state index in [-0.39, 0.29) is 12.0 Å². The van der Waals surface area contributed by atoms with Crippen molar-refractivity contribution in [2.45, 2.75) is 18.6 Å². The smallest absolute Gasteiger partial charge is 0.320 e. The summed E-state index contributed by atoms with van der Waals surface area (Å²) in [5, 5.41) is 11.9. The van der Waals surface area contributed by atoms with Gasteiger partial charge in [-0.2, -0.15) is 0 Å². The van der Waals surface area contributed by atoms with E-state index in [4.69, 9.17) is 21.4 Å². The van der Waals surface area contributed by atoms with Gasteiger partial charge < -0.3 is 15.2 Å². The van der Waals surface area contributed by atoms with Gasteiger partial charge in [-0.3, -0.25) is 4.79 Å². The molecule has 1 aliphatic heterocycles. The van der Waals surface area contributed by atoms with Gasteiger partial charge in [0, 0.05) is 13.0 Å². The number of rotatable bonds is 3. The van der Waals surface area contributed by atoms with Crippen LogP contribution < -0.4 is 10.1 Å². The van der Waals surface area contributed by atoms with E-state index in [1.165, 1.54) is 12.5 Å². The van der Waals surface area contributed by atoms with Crippen LogP contribution in [0.2, 0.25) is 5.02 Å². The quantitative estimate of drug-likeness (QED) is 0.796. The highest BCUT2D eigenvalue weighted by molar-refractivity contribution is 6.31. The molecule has 1 fully saturated rings. The highest BCUT2D eigenvalue weighted by Crippen LogP contribution is 2.22. The van der Waals surface area contributed by atoms with E-state index >= 15 is 0 Å². The van der Waals surface area contributed by atoms with E-state index in [0.717, 1.165) is 0 Å². The second kappa shape index (κ2) is 4.63. The van der Waals surface area contributed by atoms with Gasteiger partial charge in [-0.1, -0.05) is 11.6 Å². The molecule has 86 valence electrons. The molecule has 0 spiro atoms. The lowest BCUT2D eigenvalue weighted by Gasteiger charge is -2.11. The predicted octanol–water partition coefficient (Wildman–Crippen LogP) is 0.324. The van der Waals surface area contributed by atoms with Crippen molar-refractivity contribution < 1.29 is 14.6 Å². The van der Waals surface area contributed by atoms with Crippen LogP contribution >= 0.6 is 11.6 Å². The van der Waals surface area contributed by atoms with E-state index in [2.05, 4.69) is 15.3 Å². The van der Waals surface area contributed by atoms with Crippen LogP contribution in [-0.4, -0.2) is 39.7 Å². The molecule has 0 aromatic carbocycles. The molecule has 2 rings (SSSR count). The number of hydrogen-bond donors (Lipinski definition) is 2. The SMILES string of the molecule is O=C(O)C1CC(Oc2ncncc2Cl)CN1. The first-order chi connectivity index (χ1) is 7.66. The van der Waals surface area contributed by atoms with Crippen LogP contribution in [0.4, 0.5) is 0 Å². The normalized spacial score (nSPS) is 24.3. The van der Waals surface area contributed by atoms with Crippen LogP contribution in [0.5, 0.6) is 5.88 Å². The zero-order chi connectivity index (χ0) is 11.5. The van der Waals surface area contributed by atoms with Crippen molar-refractivity contribution in [3.63, 3.8) is 0 Å². The summed E-state index contributed by atoms with van der Waals surface area (Å²) in [6, 6.07) is -0.564. The average molecular weight is 244 g/mol. The Balaban J connectivity index is 1.97. The first kappa shape index (κ1) is 11.1. The molecular weight excluding hydrogens is 234 g/mol. The molecule has 1 aromatic heterocycles. The number of ether oxygens (including phenoxy) is 1. The fourth-order valence-electron chi connectivity index (χ4n) is 1.53. The maximum atomic E-state index is 10.7. The molecule has 0 bridgehead atoms. The van der Waals surface area contributed by atoms with Crippen LogP contribution in [0, 0.1) is 0 Å². The van der Waals surface area contributed by atoms with Crippen LogP contribution in [0.1, 0.15) is 6.42 Å². The topological polar surface area (TPSA) is 84.3 Å². The molecule has 1 saturated heterocycles. The second-order valence-corrected chi connectivity index (χ2v) is 3.86. The fraction of sp³-hybridized carbons (Fsp3) is 0.444. The number of carboxylic acid groups (broad SMARTS) is 1. The summed E-state index contributed by atoms with van der Waals surface area (Å²) in [5.41, 5.74) is 0. The number of aliphatic carboxylic acids is 1. The van der Waals surface area contributed by atoms with Gasteiger partial charge in [-0.05, 0) is 0 Å². The number of halogens is 1. The van der Waals surface area contributed by atoms with Crippen LogP contribution in [0.15, 0.2) is 12.5 Å². The Bertz CT molecular complexity index is 401. The summed E-state index contributed by atoms with van der Waals surface area (Å²) in [6.07, 6.45) is 2.93. The molecular formula is C9H10ClN3O3. The molecule has 6 nitrogen and oxygen atoms in total. The standard InChI is InChI=1S/C9H10ClN3O3/c10-6-3-11-4-13-8(6)16-5-1-7(9(14)15)12-2-5/h3-5,7,12H,1-2H2,(H,14,15). The van der Waals surface area contributed by atoms with Crippen molar-refractivity contribution in [2.75, 3.05) is 6.54 Å². The van der Waals surface area contributed by atoms with Gasteiger partial charge >= 0.3 is 5.97 Å². The number of nitrogens with one attached hydrogen (secondary N) is 1. The fourth-order valence-corrected chi connectivity index (χ4v) is 1.68. The highest BCUT2D eigenvalue weighted by Gasteiger charge is 2.30. The van der Waals surface area contributed by atoms with Crippen molar-refractivity contribution in [3.8, 4) is 5.88 Å². The number of carboxylic acids is 1. The zero-order valence-electron chi connectivity index (χ0n) is 8.26. The molecule has 0 saturated carbocycles. The van der Waals surface area contributed by atoms with Crippen molar-refractivity contribution >= 4 is 17.6 Å². The van der Waals surface area contributed by atoms with Crippen molar-refractivity contribution in [1.29, 1.82) is 0 Å². The van der Waals surface area contributed by atoms with Crippen LogP contribution in [-0.2, 0) is 4.79 Å². The van der Waals surface area contributed by atoms with E-state index in [0.29, 0.717) is 18.0 Å². The first-order valence-corrected chi connectivity index (χ1v) is 5.13. The van der Waals surface area contributed by atoms with E-state index in [1.54, 1.807) is 0 Å². The summed E-state index contributed by atoms with van der Waals surface area (Å²) < 4.78 is 5.48. The summed E-state index contributed by atoms with van der Waals surface area (Å²) in [4.78, 5) is 18.3. The van der Waals surface area contributed by atoms with Gasteiger partial charge in [-0.15, -0.1) is 0 Å². The van der Waals surface area contributed by atoms with E-state index in [1.807, 2.05) is 0 Å². The predicted molar refractivity (Wildman–Crippen MR) is 55.5 cm³/mol. The number of carbonyl (C=O) groups is 1. The Morgan fingerprint density at radius 2 is 2.50 bits per heavy atom. The maximum absolute atomic E-state index is 10.7. The summed E-state index contributed by atoms with van der Waals surface area (Å²) >= 11 is 5.81. The first-order valence-electron chi connectivity index (χ1n) is 4.75. The largest absolute Gasteiger partial charge is 0.480 e. The van der Waals surface area contributed by atoms with Crippen molar-refractivity contribution in [3.05, 3.63) is 17.5 Å². The third-order valence-electron chi connectivity index (χ3n) is 2.30. The Hall–Kier alpha value is -1.40. The molecule has 7 heteroatoms.